The van der Waals surface area contributed by atoms with Crippen LogP contribution in [0.1, 0.15) is 20.8 Å². The standard InChI is InChI=1S/C11H19F3N2O2/c1-7(2)8(3)15-10(17)16-4-5-18-6-9(16)11(12,13)14/h7-9H,4-6H2,1-3H3,(H,15,17)/t8-,9+/m1/s1. The van der Waals surface area contributed by atoms with Crippen LogP contribution in [0.3, 0.4) is 0 Å². The summed E-state index contributed by atoms with van der Waals surface area (Å²) >= 11 is 0. The number of hydrogen-bond donors (Lipinski definition) is 1. The van der Waals surface area contributed by atoms with E-state index in [0.717, 1.165) is 4.90 Å². The molecular weight excluding hydrogens is 249 g/mol. The molecule has 18 heavy (non-hydrogen) atoms. The number of ether oxygens (including phenoxy) is 1. The van der Waals surface area contributed by atoms with E-state index in [0.29, 0.717) is 0 Å². The summed E-state index contributed by atoms with van der Waals surface area (Å²) in [4.78, 5) is 12.6. The molecule has 0 bridgehead atoms. The van der Waals surface area contributed by atoms with Crippen LogP contribution < -0.4 is 5.32 Å². The van der Waals surface area contributed by atoms with Crippen LogP contribution in [-0.4, -0.2) is 48.9 Å². The minimum absolute atomic E-state index is 0.0408. The van der Waals surface area contributed by atoms with Gasteiger partial charge in [-0.25, -0.2) is 4.79 Å². The van der Waals surface area contributed by atoms with Gasteiger partial charge in [-0.05, 0) is 12.8 Å². The number of hydrogen-bond acceptors (Lipinski definition) is 2. The molecule has 2 atom stereocenters. The second-order valence-corrected chi connectivity index (χ2v) is 4.81. The van der Waals surface area contributed by atoms with Gasteiger partial charge in [0.15, 0.2) is 6.04 Å². The summed E-state index contributed by atoms with van der Waals surface area (Å²) in [5, 5.41) is 2.58. The molecule has 1 rings (SSSR count). The first-order chi connectivity index (χ1) is 8.23. The minimum Gasteiger partial charge on any atom is -0.377 e. The highest BCUT2D eigenvalue weighted by atomic mass is 19.4. The lowest BCUT2D eigenvalue weighted by atomic mass is 10.1. The van der Waals surface area contributed by atoms with Gasteiger partial charge in [0, 0.05) is 12.6 Å². The first kappa shape index (κ1) is 15.1. The van der Waals surface area contributed by atoms with Crippen molar-refractivity contribution in [3.8, 4) is 0 Å². The number of carbonyl (C=O) groups is 1. The van der Waals surface area contributed by atoms with Crippen molar-refractivity contribution in [3.63, 3.8) is 0 Å². The van der Waals surface area contributed by atoms with Gasteiger partial charge in [-0.3, -0.25) is 0 Å². The smallest absolute Gasteiger partial charge is 0.377 e. The Hall–Kier alpha value is -0.980. The molecule has 1 aliphatic rings. The van der Waals surface area contributed by atoms with Crippen LogP contribution in [0, 0.1) is 5.92 Å². The molecule has 0 unspecified atom stereocenters. The quantitative estimate of drug-likeness (QED) is 0.832. The molecule has 1 N–H and O–H groups in total. The van der Waals surface area contributed by atoms with Gasteiger partial charge in [0.2, 0.25) is 0 Å². The average Bonchev–Trinajstić information content (AvgIpc) is 2.27. The van der Waals surface area contributed by atoms with Crippen LogP contribution in [-0.2, 0) is 4.74 Å². The van der Waals surface area contributed by atoms with Crippen molar-refractivity contribution in [2.45, 2.75) is 39.0 Å². The number of alkyl halides is 3. The summed E-state index contributed by atoms with van der Waals surface area (Å²) in [5.74, 6) is 0.166. The van der Waals surface area contributed by atoms with Gasteiger partial charge < -0.3 is 15.0 Å². The number of nitrogens with one attached hydrogen (secondary N) is 1. The summed E-state index contributed by atoms with van der Waals surface area (Å²) in [5.41, 5.74) is 0. The normalized spacial score (nSPS) is 23.1. The Balaban J connectivity index is 2.69. The highest BCUT2D eigenvalue weighted by Gasteiger charge is 2.47. The van der Waals surface area contributed by atoms with Gasteiger partial charge in [0.05, 0.1) is 13.2 Å². The molecule has 0 aromatic heterocycles. The molecule has 0 saturated carbocycles. The van der Waals surface area contributed by atoms with Gasteiger partial charge in [0.25, 0.3) is 0 Å². The van der Waals surface area contributed by atoms with E-state index in [4.69, 9.17) is 4.74 Å². The number of carbonyl (C=O) groups excluding carboxylic acids is 1. The molecule has 0 spiro atoms. The maximum absolute atomic E-state index is 12.7. The zero-order valence-electron chi connectivity index (χ0n) is 10.8. The average molecular weight is 268 g/mol. The van der Waals surface area contributed by atoms with Gasteiger partial charge in [-0.2, -0.15) is 13.2 Å². The summed E-state index contributed by atoms with van der Waals surface area (Å²) in [7, 11) is 0. The first-order valence-electron chi connectivity index (χ1n) is 5.95. The second-order valence-electron chi connectivity index (χ2n) is 4.81. The van der Waals surface area contributed by atoms with Crippen LogP contribution in [0.25, 0.3) is 0 Å². The largest absolute Gasteiger partial charge is 0.411 e. The predicted molar refractivity (Wildman–Crippen MR) is 60.2 cm³/mol. The van der Waals surface area contributed by atoms with Crippen molar-refractivity contribution in [3.05, 3.63) is 0 Å². The molecule has 7 heteroatoms. The maximum atomic E-state index is 12.7. The molecule has 0 aromatic carbocycles. The molecular formula is C11H19F3N2O2. The zero-order chi connectivity index (χ0) is 13.9. The van der Waals surface area contributed by atoms with E-state index < -0.39 is 24.9 Å². The highest BCUT2D eigenvalue weighted by Crippen LogP contribution is 2.27. The number of nitrogens with zero attached hydrogens (tertiary/aromatic N) is 1. The molecule has 1 fully saturated rings. The minimum atomic E-state index is -4.46. The molecule has 0 radical (unpaired) electrons. The predicted octanol–water partition coefficient (Wildman–Crippen LogP) is 2.00. The van der Waals surface area contributed by atoms with Crippen LogP contribution in [0.4, 0.5) is 18.0 Å². The van der Waals surface area contributed by atoms with Crippen molar-refractivity contribution in [2.75, 3.05) is 19.8 Å². The highest BCUT2D eigenvalue weighted by molar-refractivity contribution is 5.75. The van der Waals surface area contributed by atoms with Crippen LogP contribution in [0.15, 0.2) is 0 Å². The molecule has 1 aliphatic heterocycles. The Kier molecular flexibility index (Phi) is 4.84. The number of morpholine rings is 1. The molecule has 106 valence electrons. The lowest BCUT2D eigenvalue weighted by Gasteiger charge is -2.37. The van der Waals surface area contributed by atoms with E-state index in [2.05, 4.69) is 5.32 Å². The van der Waals surface area contributed by atoms with Crippen LogP contribution >= 0.6 is 0 Å². The lowest BCUT2D eigenvalue weighted by molar-refractivity contribution is -0.202. The Labute approximate surface area is 104 Å². The fraction of sp³-hybridized carbons (Fsp3) is 0.909. The number of amides is 2. The van der Waals surface area contributed by atoms with Crippen LogP contribution in [0.2, 0.25) is 0 Å². The molecule has 1 heterocycles. The fourth-order valence-electron chi connectivity index (χ4n) is 1.56. The molecule has 2 amide bonds. The fourth-order valence-corrected chi connectivity index (χ4v) is 1.56. The first-order valence-corrected chi connectivity index (χ1v) is 5.95. The molecule has 0 aromatic rings. The summed E-state index contributed by atoms with van der Waals surface area (Å²) in [6, 6.07) is -2.71. The summed E-state index contributed by atoms with van der Waals surface area (Å²) in [6.45, 7) is 5.16. The van der Waals surface area contributed by atoms with E-state index >= 15 is 0 Å². The molecule has 4 nitrogen and oxygen atoms in total. The van der Waals surface area contributed by atoms with E-state index in [1.54, 1.807) is 6.92 Å². The van der Waals surface area contributed by atoms with Crippen molar-refractivity contribution in [1.29, 1.82) is 0 Å². The van der Waals surface area contributed by atoms with E-state index in [1.165, 1.54) is 0 Å². The van der Waals surface area contributed by atoms with E-state index in [9.17, 15) is 18.0 Å². The maximum Gasteiger partial charge on any atom is 0.411 e. The van der Waals surface area contributed by atoms with Crippen molar-refractivity contribution in [2.24, 2.45) is 5.92 Å². The Morgan fingerprint density at radius 1 is 1.39 bits per heavy atom. The zero-order valence-corrected chi connectivity index (χ0v) is 10.8. The third-order valence-electron chi connectivity index (χ3n) is 3.12. The Bertz CT molecular complexity index is 295. The van der Waals surface area contributed by atoms with E-state index in [-0.39, 0.29) is 25.1 Å². The second kappa shape index (κ2) is 5.77. The summed E-state index contributed by atoms with van der Waals surface area (Å²) < 4.78 is 43.0. The SMILES string of the molecule is CC(C)[C@@H](C)NC(=O)N1CCOC[C@H]1C(F)(F)F. The van der Waals surface area contributed by atoms with E-state index in [1.807, 2.05) is 13.8 Å². The van der Waals surface area contributed by atoms with Crippen molar-refractivity contribution in [1.82, 2.24) is 10.2 Å². The number of rotatable bonds is 2. The number of halogens is 3. The topological polar surface area (TPSA) is 41.6 Å². The Morgan fingerprint density at radius 2 is 2.00 bits per heavy atom. The molecule has 1 saturated heterocycles. The molecule has 0 aliphatic carbocycles. The van der Waals surface area contributed by atoms with Crippen LogP contribution in [0.5, 0.6) is 0 Å². The monoisotopic (exact) mass is 268 g/mol. The van der Waals surface area contributed by atoms with Crippen molar-refractivity contribution >= 4 is 6.03 Å². The number of urea groups is 1. The van der Waals surface area contributed by atoms with Gasteiger partial charge in [-0.15, -0.1) is 0 Å². The van der Waals surface area contributed by atoms with Crippen molar-refractivity contribution < 1.29 is 22.7 Å². The van der Waals surface area contributed by atoms with Gasteiger partial charge in [0.1, 0.15) is 0 Å². The van der Waals surface area contributed by atoms with Gasteiger partial charge in [-0.1, -0.05) is 13.8 Å². The summed E-state index contributed by atoms with van der Waals surface area (Å²) in [6.07, 6.45) is -4.46. The third-order valence-corrected chi connectivity index (χ3v) is 3.12. The third kappa shape index (κ3) is 3.76. The van der Waals surface area contributed by atoms with Gasteiger partial charge >= 0.3 is 12.2 Å². The lowest BCUT2D eigenvalue weighted by Crippen LogP contribution is -2.59. The Morgan fingerprint density at radius 3 is 2.50 bits per heavy atom.